The molecule has 1 N–H and O–H groups in total. The Balaban J connectivity index is 1.65. The highest BCUT2D eigenvalue weighted by Gasteiger charge is 2.43. The molecule has 31 heavy (non-hydrogen) atoms. The first-order chi connectivity index (χ1) is 15.1. The van der Waals surface area contributed by atoms with Crippen molar-refractivity contribution in [1.82, 2.24) is 9.80 Å². The summed E-state index contributed by atoms with van der Waals surface area (Å²) >= 11 is 1.30. The average molecular weight is 439 g/mol. The van der Waals surface area contributed by atoms with E-state index in [0.717, 1.165) is 38.0 Å². The summed E-state index contributed by atoms with van der Waals surface area (Å²) in [7, 11) is 0. The van der Waals surface area contributed by atoms with E-state index < -0.39 is 17.7 Å². The van der Waals surface area contributed by atoms with Crippen molar-refractivity contribution in [1.29, 1.82) is 0 Å². The van der Waals surface area contributed by atoms with Gasteiger partial charge in [0.1, 0.15) is 12.4 Å². The maximum absolute atomic E-state index is 13.2. The Morgan fingerprint density at radius 3 is 2.58 bits per heavy atom. The van der Waals surface area contributed by atoms with Gasteiger partial charge in [-0.1, -0.05) is 30.9 Å². The second kappa shape index (κ2) is 9.49. The minimum atomic E-state index is -0.627. The second-order valence-corrected chi connectivity index (χ2v) is 8.63. The third-order valence-corrected chi connectivity index (χ3v) is 6.58. The van der Waals surface area contributed by atoms with Crippen LogP contribution in [0.5, 0.6) is 5.75 Å². The number of aliphatic hydroxyl groups excluding tert-OH is 1. The van der Waals surface area contributed by atoms with Crippen LogP contribution in [0.3, 0.4) is 0 Å². The molecule has 1 unspecified atom stereocenters. The number of rotatable bonds is 9. The summed E-state index contributed by atoms with van der Waals surface area (Å²) in [5.41, 5.74) is 0.915. The van der Waals surface area contributed by atoms with Gasteiger partial charge in [-0.15, -0.1) is 11.3 Å². The van der Waals surface area contributed by atoms with E-state index in [0.29, 0.717) is 23.8 Å². The third kappa shape index (κ3) is 4.43. The molecule has 1 aromatic heterocycles. The van der Waals surface area contributed by atoms with Crippen LogP contribution in [-0.2, 0) is 4.79 Å². The standard InChI is InChI=1S/C24H26N2O4S/c1-2-15-30-18-9-7-17(8-10-18)21-20(22(27)19-6-5-16-31-19)23(28)24(29)26(21)14-13-25-11-3-4-12-25/h2,5-10,16,21,28H,1,3-4,11-15H2. The smallest absolute Gasteiger partial charge is 0.290 e. The third-order valence-electron chi connectivity index (χ3n) is 5.71. The molecule has 1 saturated heterocycles. The van der Waals surface area contributed by atoms with Gasteiger partial charge in [0.05, 0.1) is 16.5 Å². The van der Waals surface area contributed by atoms with E-state index in [9.17, 15) is 14.7 Å². The highest BCUT2D eigenvalue weighted by molar-refractivity contribution is 7.12. The highest BCUT2D eigenvalue weighted by Crippen LogP contribution is 2.39. The number of hydrogen-bond donors (Lipinski definition) is 1. The lowest BCUT2D eigenvalue weighted by Crippen LogP contribution is -2.37. The first kappa shape index (κ1) is 21.3. The predicted octanol–water partition coefficient (Wildman–Crippen LogP) is 3.99. The Morgan fingerprint density at radius 2 is 1.94 bits per heavy atom. The summed E-state index contributed by atoms with van der Waals surface area (Å²) in [4.78, 5) is 30.7. The monoisotopic (exact) mass is 438 g/mol. The van der Waals surface area contributed by atoms with Gasteiger partial charge in [-0.2, -0.15) is 0 Å². The molecule has 2 aliphatic rings. The fourth-order valence-electron chi connectivity index (χ4n) is 4.16. The van der Waals surface area contributed by atoms with Crippen LogP contribution in [0, 0.1) is 0 Å². The SMILES string of the molecule is C=CCOc1ccc(C2C(C(=O)c3cccs3)=C(O)C(=O)N2CCN2CCCC2)cc1. The number of Topliss-reactive ketones (excluding diaryl/α,β-unsaturated/α-hetero) is 1. The van der Waals surface area contributed by atoms with Crippen LogP contribution in [0.4, 0.5) is 0 Å². The van der Waals surface area contributed by atoms with Gasteiger partial charge < -0.3 is 19.6 Å². The van der Waals surface area contributed by atoms with Gasteiger partial charge in [-0.25, -0.2) is 0 Å². The van der Waals surface area contributed by atoms with Crippen LogP contribution in [0.1, 0.15) is 34.1 Å². The molecular weight excluding hydrogens is 412 g/mol. The number of benzene rings is 1. The molecule has 2 aromatic rings. The Labute approximate surface area is 186 Å². The molecule has 3 heterocycles. The summed E-state index contributed by atoms with van der Waals surface area (Å²) in [5.74, 6) is -0.565. The van der Waals surface area contributed by atoms with E-state index in [-0.39, 0.29) is 11.4 Å². The normalized spacial score (nSPS) is 19.3. The minimum Gasteiger partial charge on any atom is -0.503 e. The van der Waals surface area contributed by atoms with Gasteiger partial charge in [-0.05, 0) is 55.1 Å². The predicted molar refractivity (Wildman–Crippen MR) is 121 cm³/mol. The molecule has 1 amide bonds. The van der Waals surface area contributed by atoms with Crippen molar-refractivity contribution >= 4 is 23.0 Å². The lowest BCUT2D eigenvalue weighted by Gasteiger charge is -2.28. The fourth-order valence-corrected chi connectivity index (χ4v) is 4.84. The van der Waals surface area contributed by atoms with Crippen LogP contribution in [0.25, 0.3) is 0 Å². The molecular formula is C24H26N2O4S. The number of thiophene rings is 1. The molecule has 1 fully saturated rings. The van der Waals surface area contributed by atoms with Gasteiger partial charge in [0, 0.05) is 13.1 Å². The fraction of sp³-hybridized carbons (Fsp3) is 0.333. The number of carbonyl (C=O) groups is 2. The van der Waals surface area contributed by atoms with Crippen LogP contribution in [-0.4, -0.2) is 59.4 Å². The number of ether oxygens (including phenoxy) is 1. The van der Waals surface area contributed by atoms with Gasteiger partial charge in [0.25, 0.3) is 5.91 Å². The highest BCUT2D eigenvalue weighted by atomic mass is 32.1. The summed E-state index contributed by atoms with van der Waals surface area (Å²) in [6, 6.07) is 10.2. The Kier molecular flexibility index (Phi) is 6.53. The molecule has 7 heteroatoms. The number of carbonyl (C=O) groups excluding carboxylic acids is 2. The van der Waals surface area contributed by atoms with E-state index in [4.69, 9.17) is 4.74 Å². The first-order valence-electron chi connectivity index (χ1n) is 10.5. The van der Waals surface area contributed by atoms with Crippen molar-refractivity contribution in [2.45, 2.75) is 18.9 Å². The molecule has 0 radical (unpaired) electrons. The number of likely N-dealkylation sites (tertiary alicyclic amines) is 1. The molecule has 6 nitrogen and oxygen atoms in total. The van der Waals surface area contributed by atoms with E-state index in [2.05, 4.69) is 11.5 Å². The molecule has 2 aliphatic heterocycles. The number of hydrogen-bond acceptors (Lipinski definition) is 6. The van der Waals surface area contributed by atoms with Gasteiger partial charge in [0.2, 0.25) is 5.78 Å². The number of ketones is 1. The van der Waals surface area contributed by atoms with Crippen molar-refractivity contribution in [2.24, 2.45) is 0 Å². The largest absolute Gasteiger partial charge is 0.503 e. The lowest BCUT2D eigenvalue weighted by atomic mass is 9.95. The molecule has 0 saturated carbocycles. The first-order valence-corrected chi connectivity index (χ1v) is 11.4. The van der Waals surface area contributed by atoms with Gasteiger partial charge in [-0.3, -0.25) is 9.59 Å². The van der Waals surface area contributed by atoms with E-state index in [1.165, 1.54) is 11.3 Å². The average Bonchev–Trinajstić information content (AvgIpc) is 3.54. The number of nitrogens with zero attached hydrogens (tertiary/aromatic N) is 2. The zero-order chi connectivity index (χ0) is 21.8. The zero-order valence-corrected chi connectivity index (χ0v) is 18.1. The Hall–Kier alpha value is -2.90. The van der Waals surface area contributed by atoms with E-state index >= 15 is 0 Å². The molecule has 162 valence electrons. The molecule has 0 spiro atoms. The lowest BCUT2D eigenvalue weighted by molar-refractivity contribution is -0.129. The quantitative estimate of drug-likeness (QED) is 0.474. The van der Waals surface area contributed by atoms with Crippen LogP contribution in [0.2, 0.25) is 0 Å². The molecule has 1 atom stereocenters. The Morgan fingerprint density at radius 1 is 1.19 bits per heavy atom. The van der Waals surface area contributed by atoms with E-state index in [1.807, 2.05) is 29.6 Å². The van der Waals surface area contributed by atoms with E-state index in [1.54, 1.807) is 23.1 Å². The number of amides is 1. The van der Waals surface area contributed by atoms with Crippen molar-refractivity contribution < 1.29 is 19.4 Å². The minimum absolute atomic E-state index is 0.147. The van der Waals surface area contributed by atoms with Crippen molar-refractivity contribution in [3.05, 3.63) is 76.2 Å². The summed E-state index contributed by atoms with van der Waals surface area (Å²) in [6.45, 7) is 7.24. The number of aliphatic hydroxyl groups is 1. The van der Waals surface area contributed by atoms with Gasteiger partial charge in [0.15, 0.2) is 5.76 Å². The summed E-state index contributed by atoms with van der Waals surface area (Å²) < 4.78 is 5.56. The Bertz CT molecular complexity index is 976. The summed E-state index contributed by atoms with van der Waals surface area (Å²) in [6.07, 6.45) is 3.99. The van der Waals surface area contributed by atoms with Crippen LogP contribution < -0.4 is 4.74 Å². The zero-order valence-electron chi connectivity index (χ0n) is 17.3. The second-order valence-electron chi connectivity index (χ2n) is 7.69. The summed E-state index contributed by atoms with van der Waals surface area (Å²) in [5, 5.41) is 12.5. The molecule has 1 aromatic carbocycles. The van der Waals surface area contributed by atoms with Crippen molar-refractivity contribution in [3.8, 4) is 5.75 Å². The van der Waals surface area contributed by atoms with Crippen LogP contribution >= 0.6 is 11.3 Å². The molecule has 4 rings (SSSR count). The van der Waals surface area contributed by atoms with Crippen LogP contribution in [0.15, 0.2) is 65.8 Å². The maximum Gasteiger partial charge on any atom is 0.290 e. The maximum atomic E-state index is 13.2. The van der Waals surface area contributed by atoms with Crippen molar-refractivity contribution in [2.75, 3.05) is 32.8 Å². The molecule has 0 bridgehead atoms. The topological polar surface area (TPSA) is 70.1 Å². The van der Waals surface area contributed by atoms with Crippen molar-refractivity contribution in [3.63, 3.8) is 0 Å². The molecule has 0 aliphatic carbocycles. The van der Waals surface area contributed by atoms with Gasteiger partial charge >= 0.3 is 0 Å².